The maximum Gasteiger partial charge on any atom is 0.0231 e. The second-order valence-electron chi connectivity index (χ2n) is 5.57. The molecular formula is C18H21NS. The van der Waals surface area contributed by atoms with Gasteiger partial charge in [0.15, 0.2) is 0 Å². The molecule has 0 saturated heterocycles. The highest BCUT2D eigenvalue weighted by Crippen LogP contribution is 2.24. The minimum absolute atomic E-state index is 0.783. The fraction of sp³-hybridized carbons (Fsp3) is 0.333. The van der Waals surface area contributed by atoms with Gasteiger partial charge in [-0.25, -0.2) is 0 Å². The van der Waals surface area contributed by atoms with Gasteiger partial charge in [-0.2, -0.15) is 0 Å². The lowest BCUT2D eigenvalue weighted by Gasteiger charge is -2.06. The lowest BCUT2D eigenvalue weighted by atomic mass is 10.2. The second kappa shape index (κ2) is 6.47. The number of benzene rings is 2. The molecule has 0 spiro atoms. The van der Waals surface area contributed by atoms with Crippen LogP contribution in [-0.4, -0.2) is 6.04 Å². The number of nitrogens with one attached hydrogen (secondary N) is 1. The first kappa shape index (κ1) is 13.7. The Morgan fingerprint density at radius 3 is 2.25 bits per heavy atom. The zero-order chi connectivity index (χ0) is 13.8. The van der Waals surface area contributed by atoms with Crippen LogP contribution < -0.4 is 5.32 Å². The summed E-state index contributed by atoms with van der Waals surface area (Å²) in [5, 5.41) is 3.55. The first-order valence-corrected chi connectivity index (χ1v) is 8.29. The molecule has 0 radical (unpaired) electrons. The van der Waals surface area contributed by atoms with E-state index < -0.39 is 0 Å². The van der Waals surface area contributed by atoms with Crippen molar-refractivity contribution in [1.82, 2.24) is 5.32 Å². The van der Waals surface area contributed by atoms with E-state index >= 15 is 0 Å². The molecule has 0 unspecified atom stereocenters. The second-order valence-corrected chi connectivity index (χ2v) is 6.62. The number of hydrogen-bond acceptors (Lipinski definition) is 2. The van der Waals surface area contributed by atoms with E-state index in [4.69, 9.17) is 0 Å². The van der Waals surface area contributed by atoms with Crippen LogP contribution >= 0.6 is 11.8 Å². The molecule has 1 fully saturated rings. The van der Waals surface area contributed by atoms with Gasteiger partial charge in [0.25, 0.3) is 0 Å². The van der Waals surface area contributed by atoms with Crippen LogP contribution in [0.3, 0.4) is 0 Å². The molecule has 1 aliphatic rings. The standard InChI is InChI=1S/C18H21NS/c1-14-2-4-16(5-3-14)13-20-18-10-6-15(7-11-18)12-19-17-8-9-17/h2-7,10-11,17,19H,8-9,12-13H2,1H3. The van der Waals surface area contributed by atoms with Crippen LogP contribution in [0.25, 0.3) is 0 Å². The van der Waals surface area contributed by atoms with Gasteiger partial charge in [-0.1, -0.05) is 42.0 Å². The van der Waals surface area contributed by atoms with Crippen LogP contribution in [0.4, 0.5) is 0 Å². The Hall–Kier alpha value is -1.25. The third kappa shape index (κ3) is 4.12. The van der Waals surface area contributed by atoms with Crippen LogP contribution in [0, 0.1) is 6.92 Å². The third-order valence-corrected chi connectivity index (χ3v) is 4.70. The Morgan fingerprint density at radius 1 is 0.950 bits per heavy atom. The van der Waals surface area contributed by atoms with Gasteiger partial charge >= 0.3 is 0 Å². The van der Waals surface area contributed by atoms with Crippen molar-refractivity contribution >= 4 is 11.8 Å². The molecule has 3 rings (SSSR count). The predicted molar refractivity (Wildman–Crippen MR) is 87.0 cm³/mol. The smallest absolute Gasteiger partial charge is 0.0231 e. The molecule has 1 N–H and O–H groups in total. The van der Waals surface area contributed by atoms with E-state index in [1.807, 2.05) is 11.8 Å². The first-order valence-electron chi connectivity index (χ1n) is 7.30. The molecule has 1 nitrogen and oxygen atoms in total. The van der Waals surface area contributed by atoms with E-state index in [-0.39, 0.29) is 0 Å². The van der Waals surface area contributed by atoms with Gasteiger partial charge < -0.3 is 5.32 Å². The predicted octanol–water partition coefficient (Wildman–Crippen LogP) is 4.54. The van der Waals surface area contributed by atoms with Crippen molar-refractivity contribution in [3.05, 3.63) is 65.2 Å². The SMILES string of the molecule is Cc1ccc(CSc2ccc(CNC3CC3)cc2)cc1. The van der Waals surface area contributed by atoms with Crippen LogP contribution in [0.1, 0.15) is 29.5 Å². The molecule has 0 atom stereocenters. The fourth-order valence-corrected chi connectivity index (χ4v) is 2.96. The van der Waals surface area contributed by atoms with Crippen LogP contribution in [0.15, 0.2) is 53.4 Å². The van der Waals surface area contributed by atoms with E-state index in [1.54, 1.807) is 0 Å². The normalized spacial score (nSPS) is 14.4. The third-order valence-electron chi connectivity index (χ3n) is 3.62. The maximum absolute atomic E-state index is 3.55. The summed E-state index contributed by atoms with van der Waals surface area (Å²) < 4.78 is 0. The lowest BCUT2D eigenvalue weighted by Crippen LogP contribution is -2.14. The number of thioether (sulfide) groups is 1. The van der Waals surface area contributed by atoms with E-state index in [0.29, 0.717) is 0 Å². The summed E-state index contributed by atoms with van der Waals surface area (Å²) >= 11 is 1.90. The quantitative estimate of drug-likeness (QED) is 0.781. The van der Waals surface area contributed by atoms with Gasteiger partial charge in [0.05, 0.1) is 0 Å². The van der Waals surface area contributed by atoms with E-state index in [2.05, 4.69) is 60.8 Å². The van der Waals surface area contributed by atoms with E-state index in [1.165, 1.54) is 34.4 Å². The highest BCUT2D eigenvalue weighted by atomic mass is 32.2. The molecule has 2 heteroatoms. The van der Waals surface area contributed by atoms with Gasteiger partial charge in [-0.3, -0.25) is 0 Å². The minimum Gasteiger partial charge on any atom is -0.310 e. The molecule has 0 amide bonds. The van der Waals surface area contributed by atoms with Gasteiger partial charge in [0, 0.05) is 23.2 Å². The summed E-state index contributed by atoms with van der Waals surface area (Å²) in [6, 6.07) is 18.5. The minimum atomic E-state index is 0.783. The molecule has 20 heavy (non-hydrogen) atoms. The summed E-state index contributed by atoms with van der Waals surface area (Å²) in [6.07, 6.45) is 2.70. The van der Waals surface area contributed by atoms with E-state index in [0.717, 1.165) is 18.3 Å². The summed E-state index contributed by atoms with van der Waals surface area (Å²) in [6.45, 7) is 3.14. The van der Waals surface area contributed by atoms with Crippen LogP contribution in [-0.2, 0) is 12.3 Å². The molecule has 2 aromatic rings. The summed E-state index contributed by atoms with van der Waals surface area (Å²) in [7, 11) is 0. The molecule has 1 saturated carbocycles. The highest BCUT2D eigenvalue weighted by molar-refractivity contribution is 7.98. The largest absolute Gasteiger partial charge is 0.310 e. The fourth-order valence-electron chi connectivity index (χ4n) is 2.10. The number of hydrogen-bond donors (Lipinski definition) is 1. The zero-order valence-electron chi connectivity index (χ0n) is 11.9. The van der Waals surface area contributed by atoms with Gasteiger partial charge in [-0.05, 0) is 43.0 Å². The molecule has 0 aromatic heterocycles. The Balaban J connectivity index is 1.50. The molecular weight excluding hydrogens is 262 g/mol. The van der Waals surface area contributed by atoms with Gasteiger partial charge in [0.1, 0.15) is 0 Å². The zero-order valence-corrected chi connectivity index (χ0v) is 12.7. The Morgan fingerprint density at radius 2 is 1.60 bits per heavy atom. The van der Waals surface area contributed by atoms with Gasteiger partial charge in [-0.15, -0.1) is 11.8 Å². The summed E-state index contributed by atoms with van der Waals surface area (Å²) in [5.41, 5.74) is 4.10. The van der Waals surface area contributed by atoms with Crippen molar-refractivity contribution in [2.24, 2.45) is 0 Å². The van der Waals surface area contributed by atoms with Crippen LogP contribution in [0.2, 0.25) is 0 Å². The van der Waals surface area contributed by atoms with Crippen molar-refractivity contribution in [2.45, 2.75) is 43.0 Å². The Bertz CT molecular complexity index is 541. The number of aryl methyl sites for hydroxylation is 1. The molecule has 0 bridgehead atoms. The van der Waals surface area contributed by atoms with E-state index in [9.17, 15) is 0 Å². The van der Waals surface area contributed by atoms with Crippen molar-refractivity contribution in [3.8, 4) is 0 Å². The van der Waals surface area contributed by atoms with Gasteiger partial charge in [0.2, 0.25) is 0 Å². The van der Waals surface area contributed by atoms with Crippen molar-refractivity contribution in [3.63, 3.8) is 0 Å². The molecule has 0 heterocycles. The van der Waals surface area contributed by atoms with Crippen LogP contribution in [0.5, 0.6) is 0 Å². The summed E-state index contributed by atoms with van der Waals surface area (Å²) in [5.74, 6) is 1.04. The highest BCUT2D eigenvalue weighted by Gasteiger charge is 2.19. The average Bonchev–Trinajstić information content (AvgIpc) is 3.30. The average molecular weight is 283 g/mol. The Labute approximate surface area is 125 Å². The molecule has 2 aromatic carbocycles. The monoisotopic (exact) mass is 283 g/mol. The topological polar surface area (TPSA) is 12.0 Å². The lowest BCUT2D eigenvalue weighted by molar-refractivity contribution is 0.687. The number of rotatable bonds is 6. The Kier molecular flexibility index (Phi) is 4.44. The van der Waals surface area contributed by atoms with Crippen molar-refractivity contribution < 1.29 is 0 Å². The van der Waals surface area contributed by atoms with Crippen molar-refractivity contribution in [1.29, 1.82) is 0 Å². The molecule has 104 valence electrons. The maximum atomic E-state index is 3.55. The summed E-state index contributed by atoms with van der Waals surface area (Å²) in [4.78, 5) is 1.35. The molecule has 1 aliphatic carbocycles. The molecule has 0 aliphatic heterocycles. The first-order chi connectivity index (χ1) is 9.79. The van der Waals surface area contributed by atoms with Crippen molar-refractivity contribution in [2.75, 3.05) is 0 Å².